The molecule has 6 nitrogen and oxygen atoms in total. The summed E-state index contributed by atoms with van der Waals surface area (Å²) in [7, 11) is 2.04. The van der Waals surface area contributed by atoms with Gasteiger partial charge in [0, 0.05) is 16.8 Å². The molecule has 108 valence electrons. The van der Waals surface area contributed by atoms with Crippen LogP contribution in [0, 0.1) is 0 Å². The summed E-state index contributed by atoms with van der Waals surface area (Å²) in [5.41, 5.74) is 2.83. The van der Waals surface area contributed by atoms with Gasteiger partial charge in [0.1, 0.15) is 0 Å². The summed E-state index contributed by atoms with van der Waals surface area (Å²) < 4.78 is 15.4. The largest absolute Gasteiger partial charge is 0.491 e. The van der Waals surface area contributed by atoms with Gasteiger partial charge in [0.15, 0.2) is 0 Å². The number of hydrogen-bond acceptors (Lipinski definition) is 6. The number of halogens is 1. The molecule has 1 aromatic heterocycles. The zero-order valence-electron chi connectivity index (χ0n) is 11.5. The lowest BCUT2D eigenvalue weighted by atomic mass is 9.78. The van der Waals surface area contributed by atoms with Crippen molar-refractivity contribution in [2.45, 2.75) is 6.61 Å². The van der Waals surface area contributed by atoms with E-state index in [0.29, 0.717) is 34.1 Å². The molecule has 21 heavy (non-hydrogen) atoms. The molecule has 0 radical (unpaired) electrons. The Hall–Kier alpha value is -1.83. The highest BCUT2D eigenvalue weighted by molar-refractivity contribution is 6.61. The fourth-order valence-electron chi connectivity index (χ4n) is 2.24. The molecule has 1 N–H and O–H groups in total. The third kappa shape index (κ3) is 2.44. The van der Waals surface area contributed by atoms with E-state index in [4.69, 9.17) is 25.7 Å². The Bertz CT molecular complexity index is 698. The minimum Gasteiger partial charge on any atom is -0.480 e. The molecule has 3 rings (SSSR count). The molecule has 2 heterocycles. The number of fused-ring (bicyclic) bond motifs is 1. The molecular weight excluding hydrogens is 294 g/mol. The average Bonchev–Trinajstić information content (AvgIpc) is 2.86. The van der Waals surface area contributed by atoms with Crippen molar-refractivity contribution in [1.82, 2.24) is 9.97 Å². The fraction of sp³-hybridized carbons (Fsp3) is 0.231. The predicted molar refractivity (Wildman–Crippen MR) is 78.0 cm³/mol. The number of aromatic nitrogens is 2. The SMILES string of the molecule is COc1ncc(-c2cc3c(cc2Cl)COB3O)c(OC)n1. The molecule has 0 aliphatic carbocycles. The normalized spacial score (nSPS) is 13.2. The summed E-state index contributed by atoms with van der Waals surface area (Å²) in [5.74, 6) is 0.345. The maximum Gasteiger partial charge on any atom is 0.491 e. The van der Waals surface area contributed by atoms with Crippen LogP contribution in [0.1, 0.15) is 5.56 Å². The standard InChI is InChI=1S/C13H12BClN2O4/c1-19-12-9(5-16-13(17-12)20-2)8-4-10-7(3-11(8)15)6-21-14(10)18/h3-5,18H,6H2,1-2H3. The number of ether oxygens (including phenoxy) is 2. The second kappa shape index (κ2) is 5.52. The molecule has 0 unspecified atom stereocenters. The number of hydrogen-bond donors (Lipinski definition) is 1. The summed E-state index contributed by atoms with van der Waals surface area (Å²) in [6, 6.07) is 3.74. The Morgan fingerprint density at radius 2 is 2.10 bits per heavy atom. The first-order valence-corrected chi connectivity index (χ1v) is 6.59. The lowest BCUT2D eigenvalue weighted by molar-refractivity contribution is 0.275. The van der Waals surface area contributed by atoms with Gasteiger partial charge in [0.2, 0.25) is 5.88 Å². The van der Waals surface area contributed by atoms with Gasteiger partial charge in [-0.1, -0.05) is 17.7 Å². The van der Waals surface area contributed by atoms with E-state index in [1.54, 1.807) is 18.3 Å². The van der Waals surface area contributed by atoms with Crippen LogP contribution in [-0.4, -0.2) is 36.3 Å². The molecule has 0 fully saturated rings. The maximum atomic E-state index is 9.80. The smallest absolute Gasteiger partial charge is 0.480 e. The van der Waals surface area contributed by atoms with E-state index in [9.17, 15) is 5.02 Å². The van der Waals surface area contributed by atoms with Crippen molar-refractivity contribution in [3.05, 3.63) is 28.9 Å². The van der Waals surface area contributed by atoms with Gasteiger partial charge in [-0.2, -0.15) is 4.98 Å². The van der Waals surface area contributed by atoms with Crippen LogP contribution < -0.4 is 14.9 Å². The van der Waals surface area contributed by atoms with Gasteiger partial charge in [-0.15, -0.1) is 0 Å². The van der Waals surface area contributed by atoms with E-state index in [0.717, 1.165) is 5.56 Å². The first-order chi connectivity index (χ1) is 10.1. The molecule has 0 saturated heterocycles. The van der Waals surface area contributed by atoms with Crippen LogP contribution in [0.4, 0.5) is 0 Å². The molecule has 1 aromatic carbocycles. The Morgan fingerprint density at radius 3 is 2.81 bits per heavy atom. The Morgan fingerprint density at radius 1 is 1.29 bits per heavy atom. The first kappa shape index (κ1) is 14.1. The Labute approximate surface area is 126 Å². The van der Waals surface area contributed by atoms with E-state index in [2.05, 4.69) is 9.97 Å². The van der Waals surface area contributed by atoms with Gasteiger partial charge in [-0.25, -0.2) is 4.98 Å². The minimum absolute atomic E-state index is 0.205. The highest BCUT2D eigenvalue weighted by Gasteiger charge is 2.29. The zero-order valence-corrected chi connectivity index (χ0v) is 12.2. The van der Waals surface area contributed by atoms with E-state index >= 15 is 0 Å². The highest BCUT2D eigenvalue weighted by atomic mass is 35.5. The summed E-state index contributed by atoms with van der Waals surface area (Å²) in [6.45, 7) is 0.340. The Kier molecular flexibility index (Phi) is 3.71. The van der Waals surface area contributed by atoms with E-state index in [1.807, 2.05) is 0 Å². The van der Waals surface area contributed by atoms with Crippen LogP contribution in [-0.2, 0) is 11.3 Å². The zero-order chi connectivity index (χ0) is 15.0. The minimum atomic E-state index is -0.943. The van der Waals surface area contributed by atoms with Gasteiger partial charge in [0.25, 0.3) is 0 Å². The lowest BCUT2D eigenvalue weighted by Crippen LogP contribution is -2.28. The van der Waals surface area contributed by atoms with E-state index in [-0.39, 0.29) is 6.01 Å². The molecule has 0 spiro atoms. The quantitative estimate of drug-likeness (QED) is 0.854. The second-order valence-corrected chi connectivity index (χ2v) is 4.88. The van der Waals surface area contributed by atoms with Crippen LogP contribution in [0.25, 0.3) is 11.1 Å². The van der Waals surface area contributed by atoms with Crippen LogP contribution >= 0.6 is 11.6 Å². The summed E-state index contributed by atoms with van der Waals surface area (Å²) in [6.07, 6.45) is 1.57. The Balaban J connectivity index is 2.15. The predicted octanol–water partition coefficient (Wildman–Crippen LogP) is 1.03. The average molecular weight is 307 g/mol. The maximum absolute atomic E-state index is 9.80. The number of benzene rings is 1. The van der Waals surface area contributed by atoms with Gasteiger partial charge >= 0.3 is 13.1 Å². The summed E-state index contributed by atoms with van der Waals surface area (Å²) in [5, 5.41) is 10.3. The van der Waals surface area contributed by atoms with Crippen molar-refractivity contribution in [3.63, 3.8) is 0 Å². The number of nitrogens with zero attached hydrogens (tertiary/aromatic N) is 2. The van der Waals surface area contributed by atoms with E-state index < -0.39 is 7.12 Å². The van der Waals surface area contributed by atoms with Crippen LogP contribution in [0.5, 0.6) is 11.9 Å². The van der Waals surface area contributed by atoms with Gasteiger partial charge in [-0.05, 0) is 17.1 Å². The third-order valence-electron chi connectivity index (χ3n) is 3.29. The van der Waals surface area contributed by atoms with Gasteiger partial charge in [-0.3, -0.25) is 0 Å². The van der Waals surface area contributed by atoms with Crippen molar-refractivity contribution in [2.24, 2.45) is 0 Å². The van der Waals surface area contributed by atoms with Crippen molar-refractivity contribution < 1.29 is 19.2 Å². The summed E-state index contributed by atoms with van der Waals surface area (Å²) >= 11 is 6.31. The topological polar surface area (TPSA) is 73.7 Å². The van der Waals surface area contributed by atoms with Crippen LogP contribution in [0.2, 0.25) is 5.02 Å². The molecule has 1 aliphatic heterocycles. The van der Waals surface area contributed by atoms with E-state index in [1.165, 1.54) is 14.2 Å². The van der Waals surface area contributed by atoms with Crippen molar-refractivity contribution >= 4 is 24.2 Å². The number of rotatable bonds is 3. The van der Waals surface area contributed by atoms with Crippen LogP contribution in [0.3, 0.4) is 0 Å². The molecule has 0 atom stereocenters. The molecule has 1 aliphatic rings. The number of methoxy groups -OCH3 is 2. The van der Waals surface area contributed by atoms with Crippen LogP contribution in [0.15, 0.2) is 18.3 Å². The molecule has 0 bridgehead atoms. The third-order valence-corrected chi connectivity index (χ3v) is 3.60. The van der Waals surface area contributed by atoms with Crippen molar-refractivity contribution in [3.8, 4) is 23.0 Å². The first-order valence-electron chi connectivity index (χ1n) is 6.21. The molecular formula is C13H12BClN2O4. The molecule has 0 saturated carbocycles. The molecule has 2 aromatic rings. The molecule has 0 amide bonds. The van der Waals surface area contributed by atoms with Crippen molar-refractivity contribution in [1.29, 1.82) is 0 Å². The highest BCUT2D eigenvalue weighted by Crippen LogP contribution is 2.34. The lowest BCUT2D eigenvalue weighted by Gasteiger charge is -2.11. The van der Waals surface area contributed by atoms with Gasteiger partial charge in [0.05, 0.1) is 26.4 Å². The summed E-state index contributed by atoms with van der Waals surface area (Å²) in [4.78, 5) is 8.20. The second-order valence-electron chi connectivity index (χ2n) is 4.47. The monoisotopic (exact) mass is 306 g/mol. The van der Waals surface area contributed by atoms with Crippen molar-refractivity contribution in [2.75, 3.05) is 14.2 Å². The molecule has 8 heteroatoms. The fourth-order valence-corrected chi connectivity index (χ4v) is 2.53. The van der Waals surface area contributed by atoms with Gasteiger partial charge < -0.3 is 19.2 Å².